The van der Waals surface area contributed by atoms with Crippen molar-refractivity contribution < 1.29 is 19.1 Å². The first-order valence-corrected chi connectivity index (χ1v) is 10.1. The van der Waals surface area contributed by atoms with Crippen LogP contribution in [-0.2, 0) is 11.2 Å². The van der Waals surface area contributed by atoms with Gasteiger partial charge in [0, 0.05) is 25.2 Å². The fourth-order valence-corrected chi connectivity index (χ4v) is 3.74. The Labute approximate surface area is 177 Å². The van der Waals surface area contributed by atoms with Crippen LogP contribution in [0, 0.1) is 6.92 Å². The number of nitrogens with zero attached hydrogens (tertiary/aromatic N) is 1. The molecular formula is C23H29N3O4. The molecule has 1 heterocycles. The molecule has 0 spiro atoms. The van der Waals surface area contributed by atoms with Crippen LogP contribution in [0.2, 0.25) is 0 Å². The average molecular weight is 412 g/mol. The number of hydrogen-bond acceptors (Lipinski definition) is 4. The predicted molar refractivity (Wildman–Crippen MR) is 116 cm³/mol. The first kappa shape index (κ1) is 21.5. The van der Waals surface area contributed by atoms with Gasteiger partial charge in [-0.2, -0.15) is 0 Å². The van der Waals surface area contributed by atoms with Crippen LogP contribution in [0.3, 0.4) is 0 Å². The summed E-state index contributed by atoms with van der Waals surface area (Å²) in [5, 5.41) is 5.92. The number of urea groups is 1. The number of carbonyl (C=O) groups is 2. The third-order valence-corrected chi connectivity index (χ3v) is 5.35. The summed E-state index contributed by atoms with van der Waals surface area (Å²) in [6, 6.07) is 11.0. The summed E-state index contributed by atoms with van der Waals surface area (Å²) in [5.74, 6) is 1.20. The Kier molecular flexibility index (Phi) is 6.82. The lowest BCUT2D eigenvalue weighted by atomic mass is 9.91. The molecule has 7 heteroatoms. The third kappa shape index (κ3) is 4.67. The molecule has 0 radical (unpaired) electrons. The van der Waals surface area contributed by atoms with Crippen molar-refractivity contribution in [2.24, 2.45) is 0 Å². The lowest BCUT2D eigenvalue weighted by Gasteiger charge is -2.38. The number of benzene rings is 2. The minimum Gasteiger partial charge on any atom is -0.493 e. The van der Waals surface area contributed by atoms with Gasteiger partial charge in [-0.15, -0.1) is 0 Å². The highest BCUT2D eigenvalue weighted by atomic mass is 16.5. The molecule has 7 nitrogen and oxygen atoms in total. The SMILES string of the molecule is CCC(=O)NC[C@@H]1c2cc(OC)c(OC)cc2CCN1C(=O)Nc1cccc(C)c1. The molecule has 0 saturated heterocycles. The fraction of sp³-hybridized carbons (Fsp3) is 0.391. The molecule has 3 rings (SSSR count). The van der Waals surface area contributed by atoms with Crippen molar-refractivity contribution in [3.63, 3.8) is 0 Å². The van der Waals surface area contributed by atoms with E-state index in [0.29, 0.717) is 37.4 Å². The minimum atomic E-state index is -0.311. The van der Waals surface area contributed by atoms with E-state index in [0.717, 1.165) is 22.4 Å². The molecule has 2 aromatic rings. The maximum Gasteiger partial charge on any atom is 0.322 e. The molecule has 1 aliphatic heterocycles. The molecule has 0 aromatic heterocycles. The molecule has 30 heavy (non-hydrogen) atoms. The maximum atomic E-state index is 13.1. The number of carbonyl (C=O) groups excluding carboxylic acids is 2. The van der Waals surface area contributed by atoms with Crippen molar-refractivity contribution in [1.29, 1.82) is 0 Å². The van der Waals surface area contributed by atoms with E-state index in [2.05, 4.69) is 10.6 Å². The molecule has 2 N–H and O–H groups in total. The largest absolute Gasteiger partial charge is 0.493 e. The first-order valence-electron chi connectivity index (χ1n) is 10.1. The van der Waals surface area contributed by atoms with Gasteiger partial charge in [-0.25, -0.2) is 4.79 Å². The third-order valence-electron chi connectivity index (χ3n) is 5.35. The number of anilines is 1. The molecule has 2 aromatic carbocycles. The van der Waals surface area contributed by atoms with Crippen LogP contribution in [0.5, 0.6) is 11.5 Å². The molecular weight excluding hydrogens is 382 g/mol. The van der Waals surface area contributed by atoms with E-state index in [9.17, 15) is 9.59 Å². The van der Waals surface area contributed by atoms with Crippen molar-refractivity contribution >= 4 is 17.6 Å². The van der Waals surface area contributed by atoms with Crippen molar-refractivity contribution in [3.05, 3.63) is 53.1 Å². The smallest absolute Gasteiger partial charge is 0.322 e. The van der Waals surface area contributed by atoms with Crippen LogP contribution in [0.1, 0.15) is 36.1 Å². The standard InChI is InChI=1S/C23H29N3O4/c1-5-22(27)24-14-19-18-13-21(30-4)20(29-3)12-16(18)9-10-26(19)23(28)25-17-8-6-7-15(2)11-17/h6-8,11-13,19H,5,9-10,14H2,1-4H3,(H,24,27)(H,25,28)/t19-/m1/s1. The Morgan fingerprint density at radius 3 is 2.53 bits per heavy atom. The first-order chi connectivity index (χ1) is 14.5. The summed E-state index contributed by atoms with van der Waals surface area (Å²) in [6.45, 7) is 4.65. The van der Waals surface area contributed by atoms with Crippen molar-refractivity contribution in [2.45, 2.75) is 32.7 Å². The molecule has 3 amide bonds. The Balaban J connectivity index is 1.92. The van der Waals surface area contributed by atoms with E-state index in [4.69, 9.17) is 9.47 Å². The molecule has 0 aliphatic carbocycles. The summed E-state index contributed by atoms with van der Waals surface area (Å²) in [5.41, 5.74) is 3.85. The van der Waals surface area contributed by atoms with Gasteiger partial charge in [0.05, 0.1) is 20.3 Å². The number of ether oxygens (including phenoxy) is 2. The second-order valence-electron chi connectivity index (χ2n) is 7.32. The second-order valence-corrected chi connectivity index (χ2v) is 7.32. The van der Waals surface area contributed by atoms with E-state index in [1.807, 2.05) is 43.3 Å². The summed E-state index contributed by atoms with van der Waals surface area (Å²) >= 11 is 0. The van der Waals surface area contributed by atoms with Gasteiger partial charge in [-0.1, -0.05) is 19.1 Å². The molecule has 0 fully saturated rings. The lowest BCUT2D eigenvalue weighted by molar-refractivity contribution is -0.121. The predicted octanol–water partition coefficient (Wildman–Crippen LogP) is 3.67. The van der Waals surface area contributed by atoms with E-state index in [-0.39, 0.29) is 18.0 Å². The monoisotopic (exact) mass is 411 g/mol. The summed E-state index contributed by atoms with van der Waals surface area (Å²) in [7, 11) is 3.19. The molecule has 0 bridgehead atoms. The van der Waals surface area contributed by atoms with Gasteiger partial charge < -0.3 is 25.0 Å². The quantitative estimate of drug-likeness (QED) is 0.760. The Morgan fingerprint density at radius 2 is 1.87 bits per heavy atom. The Hall–Kier alpha value is -3.22. The van der Waals surface area contributed by atoms with Gasteiger partial charge in [-0.05, 0) is 54.3 Å². The zero-order chi connectivity index (χ0) is 21.7. The van der Waals surface area contributed by atoms with Gasteiger partial charge in [0.15, 0.2) is 11.5 Å². The zero-order valence-electron chi connectivity index (χ0n) is 18.0. The number of rotatable bonds is 6. The fourth-order valence-electron chi connectivity index (χ4n) is 3.74. The Bertz CT molecular complexity index is 929. The van der Waals surface area contributed by atoms with Gasteiger partial charge in [0.1, 0.15) is 0 Å². The highest BCUT2D eigenvalue weighted by Crippen LogP contribution is 2.38. The summed E-state index contributed by atoms with van der Waals surface area (Å²) in [6.07, 6.45) is 1.08. The van der Waals surface area contributed by atoms with Gasteiger partial charge >= 0.3 is 6.03 Å². The summed E-state index contributed by atoms with van der Waals surface area (Å²) in [4.78, 5) is 26.8. The number of hydrogen-bond donors (Lipinski definition) is 2. The number of fused-ring (bicyclic) bond motifs is 1. The van der Waals surface area contributed by atoms with Gasteiger partial charge in [0.25, 0.3) is 0 Å². The number of amides is 3. The topological polar surface area (TPSA) is 79.9 Å². The van der Waals surface area contributed by atoms with Crippen LogP contribution in [-0.4, -0.2) is 44.1 Å². The van der Waals surface area contributed by atoms with Gasteiger partial charge in [0.2, 0.25) is 5.91 Å². The van der Waals surface area contributed by atoms with Crippen molar-refractivity contribution in [3.8, 4) is 11.5 Å². The minimum absolute atomic E-state index is 0.0540. The van der Waals surface area contributed by atoms with Crippen LogP contribution in [0.25, 0.3) is 0 Å². The highest BCUT2D eigenvalue weighted by molar-refractivity contribution is 5.90. The highest BCUT2D eigenvalue weighted by Gasteiger charge is 2.32. The maximum absolute atomic E-state index is 13.1. The van der Waals surface area contributed by atoms with Crippen molar-refractivity contribution in [1.82, 2.24) is 10.2 Å². The molecule has 1 aliphatic rings. The molecule has 160 valence electrons. The van der Waals surface area contributed by atoms with Crippen LogP contribution in [0.4, 0.5) is 10.5 Å². The second kappa shape index (κ2) is 9.52. The Morgan fingerprint density at radius 1 is 1.13 bits per heavy atom. The number of nitrogens with one attached hydrogen (secondary N) is 2. The molecule has 1 atom stereocenters. The van der Waals surface area contributed by atoms with E-state index < -0.39 is 0 Å². The average Bonchev–Trinajstić information content (AvgIpc) is 2.75. The zero-order valence-corrected chi connectivity index (χ0v) is 18.0. The van der Waals surface area contributed by atoms with E-state index >= 15 is 0 Å². The molecule has 0 saturated carbocycles. The van der Waals surface area contributed by atoms with Crippen LogP contribution < -0.4 is 20.1 Å². The summed E-state index contributed by atoms with van der Waals surface area (Å²) < 4.78 is 10.9. The van der Waals surface area contributed by atoms with Crippen molar-refractivity contribution in [2.75, 3.05) is 32.6 Å². The number of aryl methyl sites for hydroxylation is 1. The molecule has 0 unspecified atom stereocenters. The normalized spacial score (nSPS) is 15.2. The number of methoxy groups -OCH3 is 2. The van der Waals surface area contributed by atoms with E-state index in [1.165, 1.54) is 0 Å². The van der Waals surface area contributed by atoms with Crippen LogP contribution >= 0.6 is 0 Å². The van der Waals surface area contributed by atoms with Crippen LogP contribution in [0.15, 0.2) is 36.4 Å². The lowest BCUT2D eigenvalue weighted by Crippen LogP contribution is -2.46. The van der Waals surface area contributed by atoms with Gasteiger partial charge in [-0.3, -0.25) is 4.79 Å². The van der Waals surface area contributed by atoms with E-state index in [1.54, 1.807) is 26.0 Å².